The van der Waals surface area contributed by atoms with E-state index in [-0.39, 0.29) is 11.3 Å². The summed E-state index contributed by atoms with van der Waals surface area (Å²) in [6.07, 6.45) is 3.03. The Hall–Kier alpha value is -3.21. The molecule has 5 heteroatoms. The van der Waals surface area contributed by atoms with Crippen molar-refractivity contribution in [2.45, 2.75) is 33.1 Å². The van der Waals surface area contributed by atoms with Crippen LogP contribution in [-0.2, 0) is 5.41 Å². The third-order valence-electron chi connectivity index (χ3n) is 4.23. The molecule has 0 spiro atoms. The Bertz CT molecular complexity index is 909. The lowest BCUT2D eigenvalue weighted by atomic mass is 9.87. The van der Waals surface area contributed by atoms with Crippen molar-refractivity contribution in [2.75, 3.05) is 10.6 Å². The zero-order valence-electron chi connectivity index (χ0n) is 16.1. The normalized spacial score (nSPS) is 11.1. The maximum Gasteiger partial charge on any atom is 0.258 e. The van der Waals surface area contributed by atoms with Crippen LogP contribution >= 0.6 is 0 Å². The van der Waals surface area contributed by atoms with E-state index in [0.717, 1.165) is 16.9 Å². The van der Waals surface area contributed by atoms with Crippen molar-refractivity contribution >= 4 is 23.2 Å². The second kappa shape index (κ2) is 7.58. The van der Waals surface area contributed by atoms with Crippen LogP contribution in [0.2, 0.25) is 0 Å². The number of anilines is 3. The molecule has 0 unspecified atom stereocenters. The standard InChI is InChI=1S/C22H24N4O/c1-15-5-9-18(10-6-15)25-20(27)16-13-23-21(24-14-16)26-19-11-7-17(8-12-19)22(2,3)4/h5-14H,1-4H3,(H,25,27)(H,23,24,26). The fraction of sp³-hybridized carbons (Fsp3) is 0.227. The number of hydrogen-bond acceptors (Lipinski definition) is 4. The Labute approximate surface area is 159 Å². The SMILES string of the molecule is Cc1ccc(NC(=O)c2cnc(Nc3ccc(C(C)(C)C)cc3)nc2)cc1. The molecule has 27 heavy (non-hydrogen) atoms. The summed E-state index contributed by atoms with van der Waals surface area (Å²) in [4.78, 5) is 20.8. The van der Waals surface area contributed by atoms with Gasteiger partial charge in [0.2, 0.25) is 5.95 Å². The van der Waals surface area contributed by atoms with Crippen LogP contribution in [-0.4, -0.2) is 15.9 Å². The van der Waals surface area contributed by atoms with E-state index in [1.165, 1.54) is 18.0 Å². The molecule has 0 radical (unpaired) electrons. The maximum atomic E-state index is 12.3. The van der Waals surface area contributed by atoms with Gasteiger partial charge in [-0.15, -0.1) is 0 Å². The molecule has 1 heterocycles. The molecule has 1 aromatic heterocycles. The highest BCUT2D eigenvalue weighted by molar-refractivity contribution is 6.03. The van der Waals surface area contributed by atoms with E-state index >= 15 is 0 Å². The highest BCUT2D eigenvalue weighted by Gasteiger charge is 2.13. The molecule has 0 saturated carbocycles. The van der Waals surface area contributed by atoms with Gasteiger partial charge in [-0.25, -0.2) is 9.97 Å². The third-order valence-corrected chi connectivity index (χ3v) is 4.23. The lowest BCUT2D eigenvalue weighted by Gasteiger charge is -2.19. The van der Waals surface area contributed by atoms with E-state index in [1.54, 1.807) is 0 Å². The molecule has 138 valence electrons. The van der Waals surface area contributed by atoms with E-state index in [2.05, 4.69) is 53.5 Å². The molecule has 0 atom stereocenters. The number of amides is 1. The quantitative estimate of drug-likeness (QED) is 0.681. The number of nitrogens with zero attached hydrogens (tertiary/aromatic N) is 2. The minimum Gasteiger partial charge on any atom is -0.324 e. The van der Waals surface area contributed by atoms with Crippen LogP contribution < -0.4 is 10.6 Å². The molecular weight excluding hydrogens is 336 g/mol. The van der Waals surface area contributed by atoms with Crippen molar-refractivity contribution in [1.82, 2.24) is 9.97 Å². The molecule has 0 aliphatic rings. The summed E-state index contributed by atoms with van der Waals surface area (Å²) in [5.41, 5.74) is 4.57. The molecule has 0 aliphatic heterocycles. The zero-order chi connectivity index (χ0) is 19.4. The number of carbonyl (C=O) groups is 1. The summed E-state index contributed by atoms with van der Waals surface area (Å²) in [7, 11) is 0. The minimum absolute atomic E-state index is 0.113. The lowest BCUT2D eigenvalue weighted by molar-refractivity contribution is 0.102. The number of nitrogens with one attached hydrogen (secondary N) is 2. The molecule has 0 bridgehead atoms. The van der Waals surface area contributed by atoms with E-state index in [0.29, 0.717) is 11.5 Å². The van der Waals surface area contributed by atoms with Gasteiger partial charge in [-0.05, 0) is 42.2 Å². The zero-order valence-corrected chi connectivity index (χ0v) is 16.1. The average Bonchev–Trinajstić information content (AvgIpc) is 2.64. The van der Waals surface area contributed by atoms with Gasteiger partial charge >= 0.3 is 0 Å². The predicted molar refractivity (Wildman–Crippen MR) is 110 cm³/mol. The fourth-order valence-electron chi connectivity index (χ4n) is 2.53. The number of rotatable bonds is 4. The molecule has 3 rings (SSSR count). The van der Waals surface area contributed by atoms with Gasteiger partial charge in [0.05, 0.1) is 5.56 Å². The van der Waals surface area contributed by atoms with Gasteiger partial charge in [-0.1, -0.05) is 50.6 Å². The predicted octanol–water partition coefficient (Wildman–Crippen LogP) is 5.08. The van der Waals surface area contributed by atoms with Gasteiger partial charge in [-0.2, -0.15) is 0 Å². The second-order valence-electron chi connectivity index (χ2n) is 7.57. The second-order valence-corrected chi connectivity index (χ2v) is 7.57. The van der Waals surface area contributed by atoms with E-state index in [1.807, 2.05) is 43.3 Å². The van der Waals surface area contributed by atoms with Crippen molar-refractivity contribution < 1.29 is 4.79 Å². The van der Waals surface area contributed by atoms with E-state index in [4.69, 9.17) is 0 Å². The van der Waals surface area contributed by atoms with Crippen LogP contribution in [0.3, 0.4) is 0 Å². The summed E-state index contributed by atoms with van der Waals surface area (Å²) in [5, 5.41) is 5.99. The first-order valence-electron chi connectivity index (χ1n) is 8.89. The van der Waals surface area contributed by atoms with Gasteiger partial charge in [-0.3, -0.25) is 4.79 Å². The summed E-state index contributed by atoms with van der Waals surface area (Å²) in [5.74, 6) is 0.213. The fourth-order valence-corrected chi connectivity index (χ4v) is 2.53. The molecule has 2 N–H and O–H groups in total. The van der Waals surface area contributed by atoms with Gasteiger partial charge in [0.1, 0.15) is 0 Å². The molecule has 0 saturated heterocycles. The average molecular weight is 360 g/mol. The maximum absolute atomic E-state index is 12.3. The molecule has 5 nitrogen and oxygen atoms in total. The first kappa shape index (κ1) is 18.6. The van der Waals surface area contributed by atoms with Crippen LogP contribution in [0.25, 0.3) is 0 Å². The largest absolute Gasteiger partial charge is 0.324 e. The summed E-state index contributed by atoms with van der Waals surface area (Å²) in [6.45, 7) is 8.54. The van der Waals surface area contributed by atoms with Crippen molar-refractivity contribution in [2.24, 2.45) is 0 Å². The third kappa shape index (κ3) is 4.91. The number of hydrogen-bond donors (Lipinski definition) is 2. The Balaban J connectivity index is 1.64. The molecule has 0 fully saturated rings. The number of carbonyl (C=O) groups excluding carboxylic acids is 1. The van der Waals surface area contributed by atoms with E-state index < -0.39 is 0 Å². The molecular formula is C22H24N4O. The van der Waals surface area contributed by atoms with Crippen molar-refractivity contribution in [3.05, 3.63) is 77.6 Å². The van der Waals surface area contributed by atoms with Crippen molar-refractivity contribution in [1.29, 1.82) is 0 Å². The van der Waals surface area contributed by atoms with Crippen LogP contribution in [0.4, 0.5) is 17.3 Å². The lowest BCUT2D eigenvalue weighted by Crippen LogP contribution is -2.13. The molecule has 0 aliphatic carbocycles. The van der Waals surface area contributed by atoms with Crippen molar-refractivity contribution in [3.8, 4) is 0 Å². The monoisotopic (exact) mass is 360 g/mol. The van der Waals surface area contributed by atoms with Crippen LogP contribution in [0.15, 0.2) is 60.9 Å². The Kier molecular flexibility index (Phi) is 5.21. The number of benzene rings is 2. The highest BCUT2D eigenvalue weighted by atomic mass is 16.1. The van der Waals surface area contributed by atoms with Gasteiger partial charge in [0.15, 0.2) is 0 Å². The first-order valence-corrected chi connectivity index (χ1v) is 8.89. The van der Waals surface area contributed by atoms with E-state index in [9.17, 15) is 4.79 Å². The summed E-state index contributed by atoms with van der Waals surface area (Å²) < 4.78 is 0. The molecule has 3 aromatic rings. The van der Waals surface area contributed by atoms with Gasteiger partial charge in [0, 0.05) is 23.8 Å². The van der Waals surface area contributed by atoms with Gasteiger partial charge < -0.3 is 10.6 Å². The summed E-state index contributed by atoms with van der Waals surface area (Å²) >= 11 is 0. The minimum atomic E-state index is -0.236. The Morgan fingerprint density at radius 1 is 0.852 bits per heavy atom. The number of aryl methyl sites for hydroxylation is 1. The highest BCUT2D eigenvalue weighted by Crippen LogP contribution is 2.24. The topological polar surface area (TPSA) is 66.9 Å². The molecule has 2 aromatic carbocycles. The van der Waals surface area contributed by atoms with Gasteiger partial charge in [0.25, 0.3) is 5.91 Å². The van der Waals surface area contributed by atoms with Crippen LogP contribution in [0.1, 0.15) is 42.3 Å². The van der Waals surface area contributed by atoms with Crippen LogP contribution in [0.5, 0.6) is 0 Å². The smallest absolute Gasteiger partial charge is 0.258 e. The number of aromatic nitrogens is 2. The summed E-state index contributed by atoms with van der Waals surface area (Å²) in [6, 6.07) is 15.8. The first-order chi connectivity index (χ1) is 12.8. The Morgan fingerprint density at radius 3 is 1.96 bits per heavy atom. The van der Waals surface area contributed by atoms with Crippen LogP contribution in [0, 0.1) is 6.92 Å². The Morgan fingerprint density at radius 2 is 1.41 bits per heavy atom. The molecule has 1 amide bonds. The van der Waals surface area contributed by atoms with Crippen molar-refractivity contribution in [3.63, 3.8) is 0 Å².